The van der Waals surface area contributed by atoms with Crippen LogP contribution in [-0.2, 0) is 9.53 Å². The van der Waals surface area contributed by atoms with Crippen molar-refractivity contribution in [2.75, 3.05) is 6.61 Å². The topological polar surface area (TPSA) is 61.5 Å². The SMILES string of the molecule is CCOC(=O)C[C@@H](N)c1ccccc1OC(F)(F)C(F)F.Cl. The predicted octanol–water partition coefficient (Wildman–Crippen LogP) is 3.30. The van der Waals surface area contributed by atoms with Gasteiger partial charge in [0, 0.05) is 11.6 Å². The van der Waals surface area contributed by atoms with Gasteiger partial charge in [-0.3, -0.25) is 4.79 Å². The van der Waals surface area contributed by atoms with Crippen molar-refractivity contribution in [3.8, 4) is 5.75 Å². The molecule has 4 nitrogen and oxygen atoms in total. The molecule has 0 saturated heterocycles. The minimum atomic E-state index is -4.64. The molecule has 1 aromatic carbocycles. The molecule has 2 N–H and O–H groups in total. The van der Waals surface area contributed by atoms with E-state index < -0.39 is 30.3 Å². The molecule has 22 heavy (non-hydrogen) atoms. The summed E-state index contributed by atoms with van der Waals surface area (Å²) < 4.78 is 59.0. The number of para-hydroxylation sites is 1. The lowest BCUT2D eigenvalue weighted by atomic mass is 10.0. The van der Waals surface area contributed by atoms with E-state index in [2.05, 4.69) is 9.47 Å². The van der Waals surface area contributed by atoms with Crippen molar-refractivity contribution in [2.45, 2.75) is 31.9 Å². The average Bonchev–Trinajstić information content (AvgIpc) is 2.38. The Labute approximate surface area is 131 Å². The second-order valence-electron chi connectivity index (χ2n) is 4.12. The second kappa shape index (κ2) is 8.79. The van der Waals surface area contributed by atoms with Crippen LogP contribution in [0.5, 0.6) is 5.75 Å². The van der Waals surface area contributed by atoms with E-state index in [4.69, 9.17) is 5.73 Å². The molecular formula is C13H16ClF4NO3. The molecule has 0 radical (unpaired) electrons. The summed E-state index contributed by atoms with van der Waals surface area (Å²) in [5.74, 6) is -1.12. The molecule has 1 atom stereocenters. The molecule has 0 spiro atoms. The van der Waals surface area contributed by atoms with Gasteiger partial charge in [-0.05, 0) is 13.0 Å². The third-order valence-corrected chi connectivity index (χ3v) is 2.51. The Bertz CT molecular complexity index is 488. The zero-order valence-corrected chi connectivity index (χ0v) is 12.4. The Morgan fingerprint density at radius 2 is 1.91 bits per heavy atom. The van der Waals surface area contributed by atoms with Crippen molar-refractivity contribution in [2.24, 2.45) is 5.73 Å². The van der Waals surface area contributed by atoms with Crippen LogP contribution in [0.25, 0.3) is 0 Å². The summed E-state index contributed by atoms with van der Waals surface area (Å²) in [4.78, 5) is 11.3. The molecule has 1 rings (SSSR count). The van der Waals surface area contributed by atoms with Crippen LogP contribution in [0, 0.1) is 0 Å². The minimum absolute atomic E-state index is 0. The van der Waals surface area contributed by atoms with Crippen molar-refractivity contribution in [1.29, 1.82) is 0 Å². The number of hydrogen-bond acceptors (Lipinski definition) is 4. The number of rotatable bonds is 7. The lowest BCUT2D eigenvalue weighted by Crippen LogP contribution is -2.34. The number of carbonyl (C=O) groups is 1. The van der Waals surface area contributed by atoms with E-state index >= 15 is 0 Å². The Hall–Kier alpha value is -1.54. The van der Waals surface area contributed by atoms with Crippen LogP contribution in [0.2, 0.25) is 0 Å². The highest BCUT2D eigenvalue weighted by Gasteiger charge is 2.44. The van der Waals surface area contributed by atoms with Crippen molar-refractivity contribution >= 4 is 18.4 Å². The maximum Gasteiger partial charge on any atom is 0.461 e. The van der Waals surface area contributed by atoms with E-state index in [1.807, 2.05) is 0 Å². The first kappa shape index (κ1) is 20.5. The van der Waals surface area contributed by atoms with Crippen LogP contribution >= 0.6 is 12.4 Å². The summed E-state index contributed by atoms with van der Waals surface area (Å²) in [7, 11) is 0. The average molecular weight is 346 g/mol. The second-order valence-corrected chi connectivity index (χ2v) is 4.12. The number of esters is 1. The normalized spacial score (nSPS) is 12.5. The Morgan fingerprint density at radius 1 is 1.32 bits per heavy atom. The van der Waals surface area contributed by atoms with Crippen LogP contribution in [0.15, 0.2) is 24.3 Å². The molecule has 0 aliphatic heterocycles. The van der Waals surface area contributed by atoms with Crippen LogP contribution in [-0.4, -0.2) is 25.1 Å². The van der Waals surface area contributed by atoms with Gasteiger partial charge >= 0.3 is 18.5 Å². The van der Waals surface area contributed by atoms with Gasteiger partial charge in [0.15, 0.2) is 0 Å². The van der Waals surface area contributed by atoms with Gasteiger partial charge in [-0.15, -0.1) is 12.4 Å². The van der Waals surface area contributed by atoms with Crippen molar-refractivity contribution in [3.63, 3.8) is 0 Å². The lowest BCUT2D eigenvalue weighted by molar-refractivity contribution is -0.253. The molecular weight excluding hydrogens is 330 g/mol. The van der Waals surface area contributed by atoms with Gasteiger partial charge in [0.05, 0.1) is 13.0 Å². The van der Waals surface area contributed by atoms with Gasteiger partial charge in [-0.25, -0.2) is 0 Å². The molecule has 0 aliphatic rings. The van der Waals surface area contributed by atoms with E-state index in [0.29, 0.717) is 0 Å². The van der Waals surface area contributed by atoms with Gasteiger partial charge in [0.25, 0.3) is 0 Å². The van der Waals surface area contributed by atoms with Gasteiger partial charge in [-0.1, -0.05) is 18.2 Å². The zero-order chi connectivity index (χ0) is 16.0. The first-order valence-electron chi connectivity index (χ1n) is 6.13. The predicted molar refractivity (Wildman–Crippen MR) is 73.4 cm³/mol. The van der Waals surface area contributed by atoms with Crippen molar-refractivity contribution in [3.05, 3.63) is 29.8 Å². The van der Waals surface area contributed by atoms with Gasteiger partial charge in [-0.2, -0.15) is 17.6 Å². The van der Waals surface area contributed by atoms with Gasteiger partial charge < -0.3 is 15.2 Å². The van der Waals surface area contributed by atoms with Crippen molar-refractivity contribution in [1.82, 2.24) is 0 Å². The molecule has 0 saturated carbocycles. The molecule has 0 amide bonds. The standard InChI is InChI=1S/C13H15F4NO3.ClH/c1-2-20-11(19)7-9(18)8-5-3-4-6-10(8)21-13(16,17)12(14)15;/h3-6,9,12H,2,7,18H2,1H3;1H/t9-;/m1./s1. The third kappa shape index (κ3) is 5.69. The Morgan fingerprint density at radius 3 is 2.45 bits per heavy atom. The summed E-state index contributed by atoms with van der Waals surface area (Å²) in [5, 5.41) is 0. The number of benzene rings is 1. The molecule has 126 valence electrons. The fourth-order valence-electron chi connectivity index (χ4n) is 1.58. The van der Waals surface area contributed by atoms with Crippen molar-refractivity contribution < 1.29 is 31.8 Å². The number of hydrogen-bond donors (Lipinski definition) is 1. The Kier molecular flexibility index (Phi) is 8.18. The quantitative estimate of drug-likeness (QED) is 0.608. The smallest absolute Gasteiger partial charge is 0.461 e. The van der Waals surface area contributed by atoms with Crippen LogP contribution in [0.3, 0.4) is 0 Å². The molecule has 1 aromatic rings. The van der Waals surface area contributed by atoms with Gasteiger partial charge in [0.2, 0.25) is 0 Å². The first-order valence-corrected chi connectivity index (χ1v) is 6.13. The van der Waals surface area contributed by atoms with E-state index in [1.54, 1.807) is 6.92 Å². The zero-order valence-electron chi connectivity index (χ0n) is 11.6. The van der Waals surface area contributed by atoms with Crippen LogP contribution < -0.4 is 10.5 Å². The molecule has 0 aromatic heterocycles. The number of nitrogens with two attached hydrogens (primary N) is 1. The largest absolute Gasteiger partial charge is 0.466 e. The highest BCUT2D eigenvalue weighted by molar-refractivity contribution is 5.85. The van der Waals surface area contributed by atoms with E-state index in [0.717, 1.165) is 6.07 Å². The fourth-order valence-corrected chi connectivity index (χ4v) is 1.58. The van der Waals surface area contributed by atoms with Crippen LogP contribution in [0.1, 0.15) is 24.9 Å². The fraction of sp³-hybridized carbons (Fsp3) is 0.462. The Balaban J connectivity index is 0.00000441. The first-order chi connectivity index (χ1) is 9.77. The summed E-state index contributed by atoms with van der Waals surface area (Å²) in [6, 6.07) is 4.19. The summed E-state index contributed by atoms with van der Waals surface area (Å²) in [6.07, 6.45) is -8.90. The molecule has 0 fully saturated rings. The lowest BCUT2D eigenvalue weighted by Gasteiger charge is -2.21. The molecule has 9 heteroatoms. The third-order valence-electron chi connectivity index (χ3n) is 2.51. The highest BCUT2D eigenvalue weighted by Crippen LogP contribution is 2.32. The summed E-state index contributed by atoms with van der Waals surface area (Å²) in [6.45, 7) is 1.75. The van der Waals surface area contributed by atoms with Crippen LogP contribution in [0.4, 0.5) is 17.6 Å². The number of ether oxygens (including phenoxy) is 2. The summed E-state index contributed by atoms with van der Waals surface area (Å²) in [5.41, 5.74) is 5.73. The maximum absolute atomic E-state index is 13.0. The molecule has 0 heterocycles. The summed E-state index contributed by atoms with van der Waals surface area (Å²) >= 11 is 0. The monoisotopic (exact) mass is 345 g/mol. The number of halogens is 5. The van der Waals surface area contributed by atoms with Gasteiger partial charge in [0.1, 0.15) is 5.75 Å². The molecule has 0 aliphatic carbocycles. The minimum Gasteiger partial charge on any atom is -0.466 e. The van der Waals surface area contributed by atoms with E-state index in [9.17, 15) is 22.4 Å². The molecule has 0 bridgehead atoms. The molecule has 0 unspecified atom stereocenters. The number of alkyl halides is 4. The maximum atomic E-state index is 13.0. The van der Waals surface area contributed by atoms with E-state index in [1.165, 1.54) is 18.2 Å². The highest BCUT2D eigenvalue weighted by atomic mass is 35.5. The van der Waals surface area contributed by atoms with E-state index in [-0.39, 0.29) is 31.0 Å². The number of carbonyl (C=O) groups excluding carboxylic acids is 1.